The number of anilines is 1. The molecule has 78 valence electrons. The SMILES string of the molecule is CC(N)CNc1cnc2ccccc2n1. The zero-order chi connectivity index (χ0) is 10.7. The van der Waals surface area contributed by atoms with Gasteiger partial charge in [0.2, 0.25) is 0 Å². The van der Waals surface area contributed by atoms with Gasteiger partial charge < -0.3 is 11.1 Å². The average molecular weight is 202 g/mol. The fourth-order valence-electron chi connectivity index (χ4n) is 1.31. The summed E-state index contributed by atoms with van der Waals surface area (Å²) in [5.74, 6) is 0.769. The second kappa shape index (κ2) is 4.23. The molecule has 0 radical (unpaired) electrons. The highest BCUT2D eigenvalue weighted by Crippen LogP contribution is 2.10. The van der Waals surface area contributed by atoms with Gasteiger partial charge in [0.05, 0.1) is 17.2 Å². The summed E-state index contributed by atoms with van der Waals surface area (Å²) in [4.78, 5) is 8.71. The van der Waals surface area contributed by atoms with Gasteiger partial charge in [-0.1, -0.05) is 12.1 Å². The minimum absolute atomic E-state index is 0.110. The molecule has 0 bridgehead atoms. The van der Waals surface area contributed by atoms with E-state index in [0.29, 0.717) is 6.54 Å². The number of benzene rings is 1. The van der Waals surface area contributed by atoms with Crippen molar-refractivity contribution in [1.82, 2.24) is 9.97 Å². The Labute approximate surface area is 88.5 Å². The van der Waals surface area contributed by atoms with Gasteiger partial charge in [-0.3, -0.25) is 4.98 Å². The highest BCUT2D eigenvalue weighted by molar-refractivity contribution is 5.75. The molecule has 15 heavy (non-hydrogen) atoms. The summed E-state index contributed by atoms with van der Waals surface area (Å²) in [6.45, 7) is 2.65. The van der Waals surface area contributed by atoms with Crippen LogP contribution in [0.2, 0.25) is 0 Å². The predicted octanol–water partition coefficient (Wildman–Crippen LogP) is 1.39. The summed E-state index contributed by atoms with van der Waals surface area (Å²) in [5, 5.41) is 3.14. The standard InChI is InChI=1S/C11H14N4/c1-8(12)6-14-11-7-13-9-4-2-3-5-10(9)15-11/h2-5,7-8H,6,12H2,1H3,(H,14,15). The van der Waals surface area contributed by atoms with Crippen LogP contribution < -0.4 is 11.1 Å². The zero-order valence-corrected chi connectivity index (χ0v) is 8.64. The van der Waals surface area contributed by atoms with E-state index < -0.39 is 0 Å². The van der Waals surface area contributed by atoms with E-state index in [1.807, 2.05) is 31.2 Å². The molecular weight excluding hydrogens is 188 g/mol. The molecule has 0 saturated heterocycles. The third-order valence-corrected chi connectivity index (χ3v) is 2.05. The van der Waals surface area contributed by atoms with E-state index in [2.05, 4.69) is 15.3 Å². The quantitative estimate of drug-likeness (QED) is 0.789. The van der Waals surface area contributed by atoms with Crippen LogP contribution in [0, 0.1) is 0 Å². The Morgan fingerprint density at radius 2 is 2.07 bits per heavy atom. The van der Waals surface area contributed by atoms with Gasteiger partial charge >= 0.3 is 0 Å². The monoisotopic (exact) mass is 202 g/mol. The molecule has 0 fully saturated rings. The minimum Gasteiger partial charge on any atom is -0.367 e. The van der Waals surface area contributed by atoms with Crippen LogP contribution in [0.3, 0.4) is 0 Å². The van der Waals surface area contributed by atoms with Crippen molar-refractivity contribution in [2.45, 2.75) is 13.0 Å². The number of fused-ring (bicyclic) bond motifs is 1. The Bertz CT molecular complexity index is 453. The molecule has 2 rings (SSSR count). The van der Waals surface area contributed by atoms with Gasteiger partial charge in [0.1, 0.15) is 5.82 Å². The lowest BCUT2D eigenvalue weighted by Gasteiger charge is -2.08. The van der Waals surface area contributed by atoms with Crippen LogP contribution in [0.25, 0.3) is 11.0 Å². The predicted molar refractivity (Wildman–Crippen MR) is 61.7 cm³/mol. The molecule has 0 aliphatic heterocycles. The van der Waals surface area contributed by atoms with Crippen molar-refractivity contribution in [3.8, 4) is 0 Å². The first-order valence-corrected chi connectivity index (χ1v) is 4.97. The maximum absolute atomic E-state index is 5.64. The van der Waals surface area contributed by atoms with Crippen LogP contribution in [-0.2, 0) is 0 Å². The summed E-state index contributed by atoms with van der Waals surface area (Å²) in [6, 6.07) is 7.90. The van der Waals surface area contributed by atoms with E-state index in [1.54, 1.807) is 6.20 Å². The van der Waals surface area contributed by atoms with Crippen LogP contribution in [0.5, 0.6) is 0 Å². The number of hydrogen-bond acceptors (Lipinski definition) is 4. The van der Waals surface area contributed by atoms with Crippen LogP contribution in [0.1, 0.15) is 6.92 Å². The highest BCUT2D eigenvalue weighted by atomic mass is 15.0. The van der Waals surface area contributed by atoms with E-state index in [1.165, 1.54) is 0 Å². The van der Waals surface area contributed by atoms with E-state index in [-0.39, 0.29) is 6.04 Å². The van der Waals surface area contributed by atoms with Gasteiger partial charge in [0, 0.05) is 12.6 Å². The molecule has 1 aromatic heterocycles. The lowest BCUT2D eigenvalue weighted by atomic mass is 10.3. The van der Waals surface area contributed by atoms with Gasteiger partial charge in [-0.15, -0.1) is 0 Å². The van der Waals surface area contributed by atoms with Crippen molar-refractivity contribution in [3.63, 3.8) is 0 Å². The van der Waals surface area contributed by atoms with Crippen molar-refractivity contribution in [3.05, 3.63) is 30.5 Å². The lowest BCUT2D eigenvalue weighted by molar-refractivity contribution is 0.777. The number of nitrogens with zero attached hydrogens (tertiary/aromatic N) is 2. The number of para-hydroxylation sites is 2. The Morgan fingerprint density at radius 1 is 1.33 bits per heavy atom. The third-order valence-electron chi connectivity index (χ3n) is 2.05. The van der Waals surface area contributed by atoms with Crippen LogP contribution in [0.4, 0.5) is 5.82 Å². The molecule has 3 N–H and O–H groups in total. The van der Waals surface area contributed by atoms with E-state index in [9.17, 15) is 0 Å². The second-order valence-electron chi connectivity index (χ2n) is 3.60. The minimum atomic E-state index is 0.110. The fourth-order valence-corrected chi connectivity index (χ4v) is 1.31. The Hall–Kier alpha value is -1.68. The molecule has 4 nitrogen and oxygen atoms in total. The molecule has 0 saturated carbocycles. The summed E-state index contributed by atoms with van der Waals surface area (Å²) in [5.41, 5.74) is 7.44. The Kier molecular flexibility index (Phi) is 2.78. The number of hydrogen-bond donors (Lipinski definition) is 2. The van der Waals surface area contributed by atoms with Gasteiger partial charge in [-0.25, -0.2) is 4.98 Å². The molecule has 1 aromatic carbocycles. The Balaban J connectivity index is 2.23. The summed E-state index contributed by atoms with van der Waals surface area (Å²) in [6.07, 6.45) is 1.73. The van der Waals surface area contributed by atoms with Crippen molar-refractivity contribution < 1.29 is 0 Å². The van der Waals surface area contributed by atoms with Crippen molar-refractivity contribution in [1.29, 1.82) is 0 Å². The molecule has 4 heteroatoms. The van der Waals surface area contributed by atoms with Crippen molar-refractivity contribution >= 4 is 16.9 Å². The highest BCUT2D eigenvalue weighted by Gasteiger charge is 1.99. The first-order chi connectivity index (χ1) is 7.25. The molecule has 2 aromatic rings. The smallest absolute Gasteiger partial charge is 0.145 e. The fraction of sp³-hybridized carbons (Fsp3) is 0.273. The van der Waals surface area contributed by atoms with Crippen LogP contribution in [0.15, 0.2) is 30.5 Å². The third kappa shape index (κ3) is 2.41. The first-order valence-electron chi connectivity index (χ1n) is 4.97. The van der Waals surface area contributed by atoms with Crippen LogP contribution in [-0.4, -0.2) is 22.6 Å². The molecule has 0 spiro atoms. The first kappa shape index (κ1) is 9.86. The number of nitrogens with two attached hydrogens (primary N) is 1. The normalized spacial score (nSPS) is 12.7. The van der Waals surface area contributed by atoms with E-state index >= 15 is 0 Å². The number of aromatic nitrogens is 2. The lowest BCUT2D eigenvalue weighted by Crippen LogP contribution is -2.25. The van der Waals surface area contributed by atoms with Gasteiger partial charge in [0.25, 0.3) is 0 Å². The zero-order valence-electron chi connectivity index (χ0n) is 8.64. The second-order valence-corrected chi connectivity index (χ2v) is 3.60. The maximum Gasteiger partial charge on any atom is 0.145 e. The van der Waals surface area contributed by atoms with Crippen molar-refractivity contribution in [2.24, 2.45) is 5.73 Å². The molecular formula is C11H14N4. The van der Waals surface area contributed by atoms with E-state index in [4.69, 9.17) is 5.73 Å². The van der Waals surface area contributed by atoms with E-state index in [0.717, 1.165) is 16.9 Å². The largest absolute Gasteiger partial charge is 0.367 e. The Morgan fingerprint density at radius 3 is 2.80 bits per heavy atom. The molecule has 1 heterocycles. The van der Waals surface area contributed by atoms with Crippen molar-refractivity contribution in [2.75, 3.05) is 11.9 Å². The molecule has 1 atom stereocenters. The van der Waals surface area contributed by atoms with Crippen LogP contribution >= 0.6 is 0 Å². The maximum atomic E-state index is 5.64. The summed E-state index contributed by atoms with van der Waals surface area (Å²) < 4.78 is 0. The number of nitrogens with one attached hydrogen (secondary N) is 1. The molecule has 1 unspecified atom stereocenters. The van der Waals surface area contributed by atoms with Gasteiger partial charge in [-0.05, 0) is 19.1 Å². The molecule has 0 aliphatic rings. The van der Waals surface area contributed by atoms with Gasteiger partial charge in [0.15, 0.2) is 0 Å². The molecule has 0 aliphatic carbocycles. The number of rotatable bonds is 3. The summed E-state index contributed by atoms with van der Waals surface area (Å²) >= 11 is 0. The van der Waals surface area contributed by atoms with Gasteiger partial charge in [-0.2, -0.15) is 0 Å². The summed E-state index contributed by atoms with van der Waals surface area (Å²) in [7, 11) is 0. The average Bonchev–Trinajstić information content (AvgIpc) is 2.26. The molecule has 0 amide bonds. The topological polar surface area (TPSA) is 63.8 Å².